The molecule has 0 saturated heterocycles. The Morgan fingerprint density at radius 3 is 2.12 bits per heavy atom. The summed E-state index contributed by atoms with van der Waals surface area (Å²) in [4.78, 5) is 24.3. The number of nitrogens with one attached hydrogen (secondary N) is 1. The van der Waals surface area contributed by atoms with Gasteiger partial charge in [0.05, 0.1) is 5.92 Å². The highest BCUT2D eigenvalue weighted by Gasteiger charge is 2.27. The summed E-state index contributed by atoms with van der Waals surface area (Å²) in [5.41, 5.74) is 0. The molecule has 0 spiro atoms. The van der Waals surface area contributed by atoms with Crippen LogP contribution in [0.5, 0.6) is 0 Å². The molecule has 1 aliphatic rings. The number of hydrogen-bond donors (Lipinski definition) is 2. The molecule has 17 heavy (non-hydrogen) atoms. The molecule has 1 saturated carbocycles. The lowest BCUT2D eigenvalue weighted by atomic mass is 9.86. The molecular weight excluding hydrogens is 220 g/mol. The van der Waals surface area contributed by atoms with Crippen molar-refractivity contribution >= 4 is 12.0 Å². The largest absolute Gasteiger partial charge is 0.481 e. The first-order valence-corrected chi connectivity index (χ1v) is 6.36. The second-order valence-electron chi connectivity index (χ2n) is 4.51. The van der Waals surface area contributed by atoms with Crippen LogP contribution in [0.25, 0.3) is 0 Å². The second kappa shape index (κ2) is 6.47. The summed E-state index contributed by atoms with van der Waals surface area (Å²) in [7, 11) is 0. The standard InChI is InChI=1S/C12H22N2O3/c1-3-14(4-2)12(17)13-10-7-5-9(6-8-10)11(15)16/h9-10H,3-8H2,1-2H3,(H,13,17)(H,15,16). The highest BCUT2D eigenvalue weighted by Crippen LogP contribution is 2.24. The number of carbonyl (C=O) groups is 2. The number of carboxylic acids is 1. The van der Waals surface area contributed by atoms with Crippen LogP contribution < -0.4 is 5.32 Å². The molecule has 1 rings (SSSR count). The van der Waals surface area contributed by atoms with Gasteiger partial charge in [-0.2, -0.15) is 0 Å². The maximum absolute atomic E-state index is 11.8. The number of aliphatic carboxylic acids is 1. The monoisotopic (exact) mass is 242 g/mol. The zero-order valence-electron chi connectivity index (χ0n) is 10.6. The van der Waals surface area contributed by atoms with E-state index in [1.165, 1.54) is 0 Å². The molecule has 0 aromatic rings. The predicted octanol–water partition coefficient (Wildman–Crippen LogP) is 1.68. The van der Waals surface area contributed by atoms with E-state index in [0.29, 0.717) is 25.9 Å². The molecular formula is C12H22N2O3. The number of amides is 2. The smallest absolute Gasteiger partial charge is 0.317 e. The van der Waals surface area contributed by atoms with Crippen molar-refractivity contribution in [3.63, 3.8) is 0 Å². The molecule has 5 heteroatoms. The third kappa shape index (κ3) is 3.91. The van der Waals surface area contributed by atoms with Gasteiger partial charge in [-0.15, -0.1) is 0 Å². The maximum Gasteiger partial charge on any atom is 0.317 e. The average Bonchev–Trinajstić information content (AvgIpc) is 2.31. The number of urea groups is 1. The lowest BCUT2D eigenvalue weighted by Crippen LogP contribution is -2.46. The van der Waals surface area contributed by atoms with Crippen LogP contribution in [-0.4, -0.2) is 41.1 Å². The third-order valence-electron chi connectivity index (χ3n) is 3.45. The first-order valence-electron chi connectivity index (χ1n) is 6.36. The zero-order valence-corrected chi connectivity index (χ0v) is 10.6. The van der Waals surface area contributed by atoms with Gasteiger partial charge in [-0.25, -0.2) is 4.79 Å². The van der Waals surface area contributed by atoms with Gasteiger partial charge in [0.25, 0.3) is 0 Å². The van der Waals surface area contributed by atoms with E-state index in [1.807, 2.05) is 13.8 Å². The minimum atomic E-state index is -0.710. The van der Waals surface area contributed by atoms with E-state index in [4.69, 9.17) is 5.11 Å². The Labute approximate surface area is 102 Å². The lowest BCUT2D eigenvalue weighted by Gasteiger charge is -2.29. The van der Waals surface area contributed by atoms with Crippen molar-refractivity contribution in [2.24, 2.45) is 5.92 Å². The van der Waals surface area contributed by atoms with E-state index in [2.05, 4.69) is 5.32 Å². The molecule has 1 aliphatic carbocycles. The molecule has 0 aliphatic heterocycles. The van der Waals surface area contributed by atoms with E-state index < -0.39 is 5.97 Å². The minimum absolute atomic E-state index is 0.0335. The van der Waals surface area contributed by atoms with Crippen LogP contribution in [0.3, 0.4) is 0 Å². The lowest BCUT2D eigenvalue weighted by molar-refractivity contribution is -0.142. The number of hydrogen-bond acceptors (Lipinski definition) is 2. The highest BCUT2D eigenvalue weighted by atomic mass is 16.4. The second-order valence-corrected chi connectivity index (χ2v) is 4.51. The number of nitrogens with zero attached hydrogens (tertiary/aromatic N) is 1. The fraction of sp³-hybridized carbons (Fsp3) is 0.833. The van der Waals surface area contributed by atoms with E-state index in [-0.39, 0.29) is 18.0 Å². The Balaban J connectivity index is 2.35. The molecule has 0 unspecified atom stereocenters. The summed E-state index contributed by atoms with van der Waals surface area (Å²) in [6.07, 6.45) is 2.87. The Hall–Kier alpha value is -1.26. The third-order valence-corrected chi connectivity index (χ3v) is 3.45. The van der Waals surface area contributed by atoms with Crippen LogP contribution in [0, 0.1) is 5.92 Å². The van der Waals surface area contributed by atoms with Crippen molar-refractivity contribution in [1.29, 1.82) is 0 Å². The molecule has 0 aromatic heterocycles. The molecule has 0 bridgehead atoms. The van der Waals surface area contributed by atoms with Crippen molar-refractivity contribution in [3.8, 4) is 0 Å². The van der Waals surface area contributed by atoms with Crippen LogP contribution in [0.2, 0.25) is 0 Å². The van der Waals surface area contributed by atoms with Crippen LogP contribution in [0.15, 0.2) is 0 Å². The average molecular weight is 242 g/mol. The highest BCUT2D eigenvalue weighted by molar-refractivity contribution is 5.74. The fourth-order valence-corrected chi connectivity index (χ4v) is 2.26. The van der Waals surface area contributed by atoms with Crippen molar-refractivity contribution < 1.29 is 14.7 Å². The first kappa shape index (κ1) is 13.8. The molecule has 98 valence electrons. The Morgan fingerprint density at radius 1 is 1.18 bits per heavy atom. The molecule has 2 amide bonds. The summed E-state index contributed by atoms with van der Waals surface area (Å²) in [6, 6.07) is 0.104. The number of carboxylic acid groups (broad SMARTS) is 1. The van der Waals surface area contributed by atoms with Crippen molar-refractivity contribution in [3.05, 3.63) is 0 Å². The maximum atomic E-state index is 11.8. The molecule has 0 radical (unpaired) electrons. The van der Waals surface area contributed by atoms with Gasteiger partial charge in [-0.05, 0) is 39.5 Å². The summed E-state index contributed by atoms with van der Waals surface area (Å²) in [5.74, 6) is -0.935. The van der Waals surface area contributed by atoms with E-state index in [0.717, 1.165) is 12.8 Å². The van der Waals surface area contributed by atoms with Gasteiger partial charge >= 0.3 is 12.0 Å². The summed E-state index contributed by atoms with van der Waals surface area (Å²) >= 11 is 0. The first-order chi connectivity index (χ1) is 8.08. The zero-order chi connectivity index (χ0) is 12.8. The van der Waals surface area contributed by atoms with E-state index >= 15 is 0 Å². The van der Waals surface area contributed by atoms with Crippen molar-refractivity contribution in [2.45, 2.75) is 45.6 Å². The molecule has 0 heterocycles. The molecule has 5 nitrogen and oxygen atoms in total. The van der Waals surface area contributed by atoms with Gasteiger partial charge in [0.1, 0.15) is 0 Å². The molecule has 0 aromatic carbocycles. The SMILES string of the molecule is CCN(CC)C(=O)NC1CCC(C(=O)O)CC1. The molecule has 0 atom stereocenters. The van der Waals surface area contributed by atoms with Gasteiger partial charge < -0.3 is 15.3 Å². The van der Waals surface area contributed by atoms with Crippen LogP contribution >= 0.6 is 0 Å². The van der Waals surface area contributed by atoms with E-state index in [9.17, 15) is 9.59 Å². The predicted molar refractivity (Wildman–Crippen MR) is 64.8 cm³/mol. The Morgan fingerprint density at radius 2 is 1.71 bits per heavy atom. The Bertz CT molecular complexity index is 269. The van der Waals surface area contributed by atoms with Gasteiger partial charge in [0.2, 0.25) is 0 Å². The van der Waals surface area contributed by atoms with Gasteiger partial charge in [0, 0.05) is 19.1 Å². The quantitative estimate of drug-likeness (QED) is 0.788. The molecule has 1 fully saturated rings. The van der Waals surface area contributed by atoms with Gasteiger partial charge in [0.15, 0.2) is 0 Å². The fourth-order valence-electron chi connectivity index (χ4n) is 2.26. The van der Waals surface area contributed by atoms with E-state index in [1.54, 1.807) is 4.90 Å². The summed E-state index contributed by atoms with van der Waals surface area (Å²) in [6.45, 7) is 5.30. The minimum Gasteiger partial charge on any atom is -0.481 e. The van der Waals surface area contributed by atoms with Crippen LogP contribution in [0.1, 0.15) is 39.5 Å². The van der Waals surface area contributed by atoms with Crippen molar-refractivity contribution in [1.82, 2.24) is 10.2 Å². The Kier molecular flexibility index (Phi) is 5.25. The van der Waals surface area contributed by atoms with Crippen LogP contribution in [0.4, 0.5) is 4.79 Å². The van der Waals surface area contributed by atoms with Gasteiger partial charge in [-0.1, -0.05) is 0 Å². The topological polar surface area (TPSA) is 69.6 Å². The van der Waals surface area contributed by atoms with Crippen LogP contribution in [-0.2, 0) is 4.79 Å². The number of rotatable bonds is 4. The van der Waals surface area contributed by atoms with Gasteiger partial charge in [-0.3, -0.25) is 4.79 Å². The summed E-state index contributed by atoms with van der Waals surface area (Å²) in [5, 5.41) is 11.8. The molecule has 2 N–H and O–H groups in total. The normalized spacial score (nSPS) is 24.1. The number of carbonyl (C=O) groups excluding carboxylic acids is 1. The summed E-state index contributed by atoms with van der Waals surface area (Å²) < 4.78 is 0. The van der Waals surface area contributed by atoms with Crippen molar-refractivity contribution in [2.75, 3.05) is 13.1 Å².